The lowest BCUT2D eigenvalue weighted by Crippen LogP contribution is -2.27. The van der Waals surface area contributed by atoms with Crippen molar-refractivity contribution in [1.82, 2.24) is 4.90 Å². The number of hydrogen-bond acceptors (Lipinski definition) is 3. The van der Waals surface area contributed by atoms with E-state index in [9.17, 15) is 9.59 Å². The second-order valence-corrected chi connectivity index (χ2v) is 8.51. The van der Waals surface area contributed by atoms with Gasteiger partial charge in [-0.1, -0.05) is 53.6 Å². The molecule has 0 aliphatic heterocycles. The zero-order valence-corrected chi connectivity index (χ0v) is 17.8. The van der Waals surface area contributed by atoms with Crippen LogP contribution in [-0.4, -0.2) is 16.8 Å². The van der Waals surface area contributed by atoms with Crippen molar-refractivity contribution in [3.8, 4) is 0 Å². The number of ether oxygens (including phenoxy) is 1. The molecule has 0 fully saturated rings. The summed E-state index contributed by atoms with van der Waals surface area (Å²) >= 11 is 0. The first-order valence-corrected chi connectivity index (χ1v) is 9.62. The van der Waals surface area contributed by atoms with Gasteiger partial charge in [-0.15, -0.1) is 0 Å². The van der Waals surface area contributed by atoms with E-state index in [0.29, 0.717) is 13.1 Å². The van der Waals surface area contributed by atoms with Gasteiger partial charge in [0, 0.05) is 20.0 Å². The first-order chi connectivity index (χ1) is 13.0. The summed E-state index contributed by atoms with van der Waals surface area (Å²) in [6.45, 7) is 12.6. The lowest BCUT2D eigenvalue weighted by Gasteiger charge is -2.22. The SMILES string of the molecule is CC(=O)N(Cc1ccc(COC(=O)C(C)(C)C)cc1)Cc1cc(C)cc(C)c1. The maximum absolute atomic E-state index is 12.1. The summed E-state index contributed by atoms with van der Waals surface area (Å²) in [5.41, 5.74) is 5.02. The normalized spacial score (nSPS) is 11.2. The summed E-state index contributed by atoms with van der Waals surface area (Å²) in [5, 5.41) is 0. The molecule has 0 radical (unpaired) electrons. The number of rotatable bonds is 6. The van der Waals surface area contributed by atoms with Crippen LogP contribution in [0.4, 0.5) is 0 Å². The van der Waals surface area contributed by atoms with Crippen molar-refractivity contribution in [2.45, 2.75) is 61.2 Å². The maximum atomic E-state index is 12.1. The largest absolute Gasteiger partial charge is 0.460 e. The Labute approximate surface area is 168 Å². The van der Waals surface area contributed by atoms with E-state index in [1.54, 1.807) is 6.92 Å². The third-order valence-electron chi connectivity index (χ3n) is 4.48. The quantitative estimate of drug-likeness (QED) is 0.666. The average Bonchev–Trinajstić information content (AvgIpc) is 2.58. The van der Waals surface area contributed by atoms with E-state index in [2.05, 4.69) is 32.0 Å². The van der Waals surface area contributed by atoms with E-state index in [4.69, 9.17) is 4.74 Å². The Bertz CT molecular complexity index is 812. The zero-order chi connectivity index (χ0) is 20.9. The molecule has 0 aliphatic rings. The van der Waals surface area contributed by atoms with Gasteiger partial charge in [-0.3, -0.25) is 9.59 Å². The number of carbonyl (C=O) groups is 2. The predicted molar refractivity (Wildman–Crippen MR) is 112 cm³/mol. The van der Waals surface area contributed by atoms with E-state index in [1.807, 2.05) is 49.9 Å². The molecule has 0 spiro atoms. The van der Waals surface area contributed by atoms with Gasteiger partial charge < -0.3 is 9.64 Å². The van der Waals surface area contributed by atoms with Gasteiger partial charge >= 0.3 is 5.97 Å². The minimum absolute atomic E-state index is 0.0438. The van der Waals surface area contributed by atoms with E-state index in [1.165, 1.54) is 11.1 Å². The van der Waals surface area contributed by atoms with Crippen molar-refractivity contribution in [1.29, 1.82) is 0 Å². The third kappa shape index (κ3) is 6.52. The second-order valence-electron chi connectivity index (χ2n) is 8.51. The van der Waals surface area contributed by atoms with E-state index < -0.39 is 5.41 Å². The number of aryl methyl sites for hydroxylation is 2. The van der Waals surface area contributed by atoms with E-state index in [0.717, 1.165) is 16.7 Å². The Morgan fingerprint density at radius 3 is 1.86 bits per heavy atom. The number of amides is 1. The van der Waals surface area contributed by atoms with Crippen LogP contribution in [0.2, 0.25) is 0 Å². The Kier molecular flexibility index (Phi) is 7.00. The minimum Gasteiger partial charge on any atom is -0.460 e. The lowest BCUT2D eigenvalue weighted by molar-refractivity contribution is -0.154. The van der Waals surface area contributed by atoms with E-state index >= 15 is 0 Å². The molecule has 0 N–H and O–H groups in total. The molecule has 0 saturated heterocycles. The Morgan fingerprint density at radius 1 is 0.857 bits per heavy atom. The Balaban J connectivity index is 2.01. The molecular formula is C24H31NO3. The zero-order valence-electron chi connectivity index (χ0n) is 17.8. The number of hydrogen-bond donors (Lipinski definition) is 0. The molecular weight excluding hydrogens is 350 g/mol. The van der Waals surface area contributed by atoms with Gasteiger partial charge in [0.1, 0.15) is 6.61 Å². The molecule has 28 heavy (non-hydrogen) atoms. The summed E-state index contributed by atoms with van der Waals surface area (Å²) in [5.74, 6) is -0.171. The first kappa shape index (κ1) is 21.7. The highest BCUT2D eigenvalue weighted by Crippen LogP contribution is 2.18. The molecule has 0 atom stereocenters. The molecule has 4 heteroatoms. The highest BCUT2D eigenvalue weighted by molar-refractivity contribution is 5.75. The van der Waals surface area contributed by atoms with Crippen LogP contribution in [0.15, 0.2) is 42.5 Å². The van der Waals surface area contributed by atoms with Crippen LogP contribution in [0, 0.1) is 19.3 Å². The molecule has 0 aliphatic carbocycles. The van der Waals surface area contributed by atoms with Crippen LogP contribution in [-0.2, 0) is 34.0 Å². The maximum Gasteiger partial charge on any atom is 0.311 e. The van der Waals surface area contributed by atoms with Gasteiger partial charge in [0.05, 0.1) is 5.41 Å². The van der Waals surface area contributed by atoms with Crippen LogP contribution in [0.1, 0.15) is 55.5 Å². The highest BCUT2D eigenvalue weighted by atomic mass is 16.5. The van der Waals surface area contributed by atoms with Gasteiger partial charge in [0.25, 0.3) is 0 Å². The standard InChI is InChI=1S/C24H31NO3/c1-17-11-18(2)13-22(12-17)15-25(19(3)26)14-20-7-9-21(10-8-20)16-28-23(27)24(4,5)6/h7-13H,14-16H2,1-6H3. The van der Waals surface area contributed by atoms with Crippen molar-refractivity contribution in [3.05, 3.63) is 70.3 Å². The number of benzene rings is 2. The Hall–Kier alpha value is -2.62. The second kappa shape index (κ2) is 9.05. The number of nitrogens with zero attached hydrogens (tertiary/aromatic N) is 1. The fourth-order valence-electron chi connectivity index (χ4n) is 2.99. The third-order valence-corrected chi connectivity index (χ3v) is 4.48. The molecule has 4 nitrogen and oxygen atoms in total. The molecule has 2 aromatic carbocycles. The van der Waals surface area contributed by atoms with Crippen molar-refractivity contribution in [2.24, 2.45) is 5.41 Å². The van der Waals surface area contributed by atoms with Crippen LogP contribution in [0.5, 0.6) is 0 Å². The lowest BCUT2D eigenvalue weighted by atomic mass is 9.97. The van der Waals surface area contributed by atoms with Crippen molar-refractivity contribution in [2.75, 3.05) is 0 Å². The average molecular weight is 382 g/mol. The van der Waals surface area contributed by atoms with Crippen molar-refractivity contribution >= 4 is 11.9 Å². The van der Waals surface area contributed by atoms with Crippen LogP contribution < -0.4 is 0 Å². The molecule has 150 valence electrons. The molecule has 0 heterocycles. The monoisotopic (exact) mass is 381 g/mol. The fourth-order valence-corrected chi connectivity index (χ4v) is 2.99. The first-order valence-electron chi connectivity index (χ1n) is 9.62. The van der Waals surface area contributed by atoms with Gasteiger partial charge in [0.2, 0.25) is 5.91 Å². The van der Waals surface area contributed by atoms with Crippen LogP contribution >= 0.6 is 0 Å². The Morgan fingerprint density at radius 2 is 1.36 bits per heavy atom. The minimum atomic E-state index is -0.504. The smallest absolute Gasteiger partial charge is 0.311 e. The molecule has 0 unspecified atom stereocenters. The summed E-state index contributed by atoms with van der Waals surface area (Å²) in [6, 6.07) is 14.2. The fraction of sp³-hybridized carbons (Fsp3) is 0.417. The van der Waals surface area contributed by atoms with Crippen LogP contribution in [0.3, 0.4) is 0 Å². The summed E-state index contributed by atoms with van der Waals surface area (Å²) in [4.78, 5) is 25.8. The van der Waals surface area contributed by atoms with Crippen molar-refractivity contribution < 1.29 is 14.3 Å². The summed E-state index contributed by atoms with van der Waals surface area (Å²) in [7, 11) is 0. The predicted octanol–water partition coefficient (Wildman–Crippen LogP) is 4.94. The molecule has 0 aromatic heterocycles. The van der Waals surface area contributed by atoms with Gasteiger partial charge in [0.15, 0.2) is 0 Å². The molecule has 0 bridgehead atoms. The van der Waals surface area contributed by atoms with Gasteiger partial charge in [-0.25, -0.2) is 0 Å². The van der Waals surface area contributed by atoms with Gasteiger partial charge in [-0.05, 0) is 51.3 Å². The molecule has 2 rings (SSSR count). The van der Waals surface area contributed by atoms with Crippen molar-refractivity contribution in [3.63, 3.8) is 0 Å². The molecule has 0 saturated carbocycles. The molecule has 1 amide bonds. The number of esters is 1. The van der Waals surface area contributed by atoms with E-state index in [-0.39, 0.29) is 18.5 Å². The highest BCUT2D eigenvalue weighted by Gasteiger charge is 2.22. The van der Waals surface area contributed by atoms with Gasteiger partial charge in [-0.2, -0.15) is 0 Å². The number of carbonyl (C=O) groups excluding carboxylic acids is 2. The summed E-state index contributed by atoms with van der Waals surface area (Å²) < 4.78 is 5.35. The molecule has 2 aromatic rings. The topological polar surface area (TPSA) is 46.6 Å². The van der Waals surface area contributed by atoms with Crippen LogP contribution in [0.25, 0.3) is 0 Å². The summed E-state index contributed by atoms with van der Waals surface area (Å²) in [6.07, 6.45) is 0.